The highest BCUT2D eigenvalue weighted by Gasteiger charge is 2.28. The number of carbonyl (C=O) groups is 1. The third-order valence-electron chi connectivity index (χ3n) is 5.44. The van der Waals surface area contributed by atoms with Crippen molar-refractivity contribution in [2.45, 2.75) is 30.9 Å². The second-order valence-electron chi connectivity index (χ2n) is 7.56. The van der Waals surface area contributed by atoms with E-state index in [1.807, 2.05) is 50.2 Å². The van der Waals surface area contributed by atoms with E-state index in [4.69, 9.17) is 0 Å². The molecule has 0 aliphatic carbocycles. The Morgan fingerprint density at radius 2 is 1.63 bits per heavy atom. The number of thiophene rings is 1. The molecule has 1 saturated heterocycles. The fraction of sp³-hybridized carbons (Fsp3) is 0.261. The first-order valence-corrected chi connectivity index (χ1v) is 12.2. The third kappa shape index (κ3) is 4.19. The van der Waals surface area contributed by atoms with Gasteiger partial charge in [-0.25, -0.2) is 8.42 Å². The quantitative estimate of drug-likeness (QED) is 0.602. The summed E-state index contributed by atoms with van der Waals surface area (Å²) in [7, 11) is -3.40. The first-order chi connectivity index (χ1) is 14.3. The summed E-state index contributed by atoms with van der Waals surface area (Å²) < 4.78 is 27.4. The topological polar surface area (TPSA) is 66.5 Å². The molecular weight excluding hydrogens is 416 g/mol. The van der Waals surface area contributed by atoms with Crippen molar-refractivity contribution in [2.24, 2.45) is 0 Å². The molecule has 1 fully saturated rings. The monoisotopic (exact) mass is 440 g/mol. The normalized spacial score (nSPS) is 14.7. The first kappa shape index (κ1) is 20.8. The predicted molar refractivity (Wildman–Crippen MR) is 122 cm³/mol. The van der Waals surface area contributed by atoms with Gasteiger partial charge >= 0.3 is 0 Å². The molecule has 4 rings (SSSR count). The van der Waals surface area contributed by atoms with E-state index in [-0.39, 0.29) is 5.91 Å². The summed E-state index contributed by atoms with van der Waals surface area (Å²) in [6.45, 7) is 5.24. The van der Waals surface area contributed by atoms with Gasteiger partial charge in [-0.15, -0.1) is 11.3 Å². The average Bonchev–Trinajstić information content (AvgIpc) is 3.44. The highest BCUT2D eigenvalue weighted by Crippen LogP contribution is 2.33. The van der Waals surface area contributed by atoms with Crippen molar-refractivity contribution < 1.29 is 13.2 Å². The second kappa shape index (κ2) is 8.34. The highest BCUT2D eigenvalue weighted by molar-refractivity contribution is 7.91. The minimum Gasteiger partial charge on any atom is -0.322 e. The standard InChI is InChI=1S/C23H24N2O3S2/c1-16-5-10-20(15-17(16)2)24-23(26)19-8-6-18(7-9-19)21-11-12-22(29-21)30(27,28)25-13-3-4-14-25/h5-12,15H,3-4,13-14H2,1-2H3,(H,24,26). The number of anilines is 1. The van der Waals surface area contributed by atoms with E-state index in [9.17, 15) is 13.2 Å². The van der Waals surface area contributed by atoms with Gasteiger partial charge in [-0.05, 0) is 79.8 Å². The number of nitrogens with zero attached hydrogens (tertiary/aromatic N) is 1. The molecule has 2 aromatic carbocycles. The lowest BCUT2D eigenvalue weighted by Crippen LogP contribution is -2.27. The summed E-state index contributed by atoms with van der Waals surface area (Å²) in [5.41, 5.74) is 4.52. The molecule has 1 N–H and O–H groups in total. The lowest BCUT2D eigenvalue weighted by atomic mass is 10.1. The van der Waals surface area contributed by atoms with Gasteiger partial charge in [-0.3, -0.25) is 4.79 Å². The summed E-state index contributed by atoms with van der Waals surface area (Å²) in [6.07, 6.45) is 1.84. The van der Waals surface area contributed by atoms with E-state index in [2.05, 4.69) is 5.32 Å². The molecule has 2 heterocycles. The van der Waals surface area contributed by atoms with Crippen molar-refractivity contribution in [3.8, 4) is 10.4 Å². The Morgan fingerprint density at radius 3 is 2.30 bits per heavy atom. The van der Waals surface area contributed by atoms with Gasteiger partial charge in [-0.2, -0.15) is 4.31 Å². The van der Waals surface area contributed by atoms with Crippen LogP contribution in [0.1, 0.15) is 34.3 Å². The SMILES string of the molecule is Cc1ccc(NC(=O)c2ccc(-c3ccc(S(=O)(=O)N4CCCC4)s3)cc2)cc1C. The van der Waals surface area contributed by atoms with Crippen LogP contribution in [0.5, 0.6) is 0 Å². The van der Waals surface area contributed by atoms with Gasteiger partial charge in [0, 0.05) is 29.2 Å². The van der Waals surface area contributed by atoms with Gasteiger partial charge < -0.3 is 5.32 Å². The van der Waals surface area contributed by atoms with Gasteiger partial charge in [0.1, 0.15) is 4.21 Å². The Labute approximate surface area is 181 Å². The zero-order valence-electron chi connectivity index (χ0n) is 17.0. The smallest absolute Gasteiger partial charge is 0.255 e. The Hall–Kier alpha value is -2.48. The molecule has 7 heteroatoms. The Bertz CT molecular complexity index is 1180. The number of benzene rings is 2. The van der Waals surface area contributed by atoms with E-state index in [1.54, 1.807) is 22.5 Å². The van der Waals surface area contributed by atoms with Gasteiger partial charge in [0.05, 0.1) is 0 Å². The molecule has 156 valence electrons. The van der Waals surface area contributed by atoms with Crippen molar-refractivity contribution >= 4 is 33.0 Å². The number of rotatable bonds is 5. The van der Waals surface area contributed by atoms with Crippen LogP contribution >= 0.6 is 11.3 Å². The summed E-state index contributed by atoms with van der Waals surface area (Å²) in [4.78, 5) is 13.4. The van der Waals surface area contributed by atoms with Gasteiger partial charge in [0.25, 0.3) is 15.9 Å². The van der Waals surface area contributed by atoms with Gasteiger partial charge in [0.2, 0.25) is 0 Å². The number of hydrogen-bond donors (Lipinski definition) is 1. The Kier molecular flexibility index (Phi) is 5.77. The van der Waals surface area contributed by atoms with Crippen LogP contribution in [-0.4, -0.2) is 31.7 Å². The van der Waals surface area contributed by atoms with Crippen LogP contribution in [0.25, 0.3) is 10.4 Å². The molecule has 0 saturated carbocycles. The summed E-state index contributed by atoms with van der Waals surface area (Å²) >= 11 is 1.27. The number of nitrogens with one attached hydrogen (secondary N) is 1. The fourth-order valence-corrected chi connectivity index (χ4v) is 6.46. The Balaban J connectivity index is 1.49. The lowest BCUT2D eigenvalue weighted by Gasteiger charge is -2.13. The van der Waals surface area contributed by atoms with Crippen molar-refractivity contribution in [3.05, 3.63) is 71.3 Å². The molecule has 3 aromatic rings. The zero-order valence-corrected chi connectivity index (χ0v) is 18.6. The molecule has 5 nitrogen and oxygen atoms in total. The first-order valence-electron chi connectivity index (χ1n) is 9.93. The fourth-order valence-electron chi connectivity index (χ4n) is 3.48. The molecule has 0 radical (unpaired) electrons. The van der Waals surface area contributed by atoms with Gasteiger partial charge in [0.15, 0.2) is 0 Å². The molecule has 1 aromatic heterocycles. The van der Waals surface area contributed by atoms with Crippen LogP contribution in [0.15, 0.2) is 58.8 Å². The van der Waals surface area contributed by atoms with Crippen LogP contribution in [0, 0.1) is 13.8 Å². The summed E-state index contributed by atoms with van der Waals surface area (Å²) in [5.74, 6) is -0.173. The number of amides is 1. The number of carbonyl (C=O) groups excluding carboxylic acids is 1. The van der Waals surface area contributed by atoms with Crippen LogP contribution in [0.4, 0.5) is 5.69 Å². The van der Waals surface area contributed by atoms with Crippen LogP contribution in [-0.2, 0) is 10.0 Å². The number of sulfonamides is 1. The maximum absolute atomic E-state index is 12.7. The zero-order chi connectivity index (χ0) is 21.3. The number of hydrogen-bond acceptors (Lipinski definition) is 4. The van der Waals surface area contributed by atoms with Crippen LogP contribution in [0.2, 0.25) is 0 Å². The van der Waals surface area contributed by atoms with E-state index in [1.165, 1.54) is 16.9 Å². The largest absolute Gasteiger partial charge is 0.322 e. The summed E-state index contributed by atoms with van der Waals surface area (Å²) in [6, 6.07) is 16.6. The highest BCUT2D eigenvalue weighted by atomic mass is 32.2. The van der Waals surface area contributed by atoms with Crippen molar-refractivity contribution in [1.29, 1.82) is 0 Å². The second-order valence-corrected chi connectivity index (χ2v) is 10.8. The summed E-state index contributed by atoms with van der Waals surface area (Å²) in [5, 5.41) is 2.92. The van der Waals surface area contributed by atoms with Crippen molar-refractivity contribution in [1.82, 2.24) is 4.31 Å². The minimum atomic E-state index is -3.40. The third-order valence-corrected chi connectivity index (χ3v) is 8.94. The maximum atomic E-state index is 12.7. The van der Waals surface area contributed by atoms with E-state index in [0.29, 0.717) is 22.9 Å². The molecule has 0 atom stereocenters. The maximum Gasteiger partial charge on any atom is 0.255 e. The minimum absolute atomic E-state index is 0.173. The van der Waals surface area contributed by atoms with Crippen LogP contribution < -0.4 is 5.32 Å². The predicted octanol–water partition coefficient (Wildman–Crippen LogP) is 5.07. The van der Waals surface area contributed by atoms with E-state index < -0.39 is 10.0 Å². The molecule has 1 aliphatic rings. The van der Waals surface area contributed by atoms with E-state index >= 15 is 0 Å². The van der Waals surface area contributed by atoms with Gasteiger partial charge in [-0.1, -0.05) is 18.2 Å². The van der Waals surface area contributed by atoms with Crippen molar-refractivity contribution in [2.75, 3.05) is 18.4 Å². The Morgan fingerprint density at radius 1 is 0.933 bits per heavy atom. The molecule has 1 aliphatic heterocycles. The average molecular weight is 441 g/mol. The molecule has 30 heavy (non-hydrogen) atoms. The molecule has 0 spiro atoms. The lowest BCUT2D eigenvalue weighted by molar-refractivity contribution is 0.102. The van der Waals surface area contributed by atoms with Crippen molar-refractivity contribution in [3.63, 3.8) is 0 Å². The number of aryl methyl sites for hydroxylation is 2. The molecule has 0 unspecified atom stereocenters. The van der Waals surface area contributed by atoms with E-state index in [0.717, 1.165) is 34.5 Å². The molecule has 0 bridgehead atoms. The van der Waals surface area contributed by atoms with Crippen LogP contribution in [0.3, 0.4) is 0 Å². The molecular formula is C23H24N2O3S2. The molecule has 1 amide bonds.